The molecule has 0 spiro atoms. The fraction of sp³-hybridized carbons (Fsp3) is 0.588. The van der Waals surface area contributed by atoms with Crippen molar-refractivity contribution < 1.29 is 4.79 Å². The molecule has 1 aliphatic rings. The summed E-state index contributed by atoms with van der Waals surface area (Å²) >= 11 is 0. The topological polar surface area (TPSA) is 44.4 Å². The molecule has 4 nitrogen and oxygen atoms in total. The zero-order valence-corrected chi connectivity index (χ0v) is 13.2. The lowest BCUT2D eigenvalue weighted by molar-refractivity contribution is 0.214. The maximum absolute atomic E-state index is 12.2. The third kappa shape index (κ3) is 5.38. The third-order valence-corrected chi connectivity index (χ3v) is 3.81. The molecule has 0 aliphatic carbocycles. The molecule has 116 valence electrons. The lowest BCUT2D eigenvalue weighted by atomic mass is 10.2. The standard InChI is InChI=1S/C17H27N3O/c1-14(2)18-13-15-7-9-16(10-8-15)19-17(21)20-11-5-3-4-6-12-20/h7-10,14,18H,3-6,11-13H2,1-2H3,(H,19,21). The number of rotatable bonds is 4. The number of hydrogen-bond acceptors (Lipinski definition) is 2. The van der Waals surface area contributed by atoms with Crippen LogP contribution in [0, 0.1) is 0 Å². The van der Waals surface area contributed by atoms with Crippen molar-refractivity contribution in [1.29, 1.82) is 0 Å². The lowest BCUT2D eigenvalue weighted by Crippen LogP contribution is -2.35. The first-order valence-electron chi connectivity index (χ1n) is 8.03. The highest BCUT2D eigenvalue weighted by Crippen LogP contribution is 2.13. The van der Waals surface area contributed by atoms with E-state index in [-0.39, 0.29) is 6.03 Å². The van der Waals surface area contributed by atoms with Crippen molar-refractivity contribution in [1.82, 2.24) is 10.2 Å². The number of amides is 2. The molecular formula is C17H27N3O. The van der Waals surface area contributed by atoms with Gasteiger partial charge in [0.05, 0.1) is 0 Å². The number of hydrogen-bond donors (Lipinski definition) is 2. The number of anilines is 1. The summed E-state index contributed by atoms with van der Waals surface area (Å²) in [5.41, 5.74) is 2.11. The van der Waals surface area contributed by atoms with Gasteiger partial charge >= 0.3 is 6.03 Å². The van der Waals surface area contributed by atoms with E-state index in [4.69, 9.17) is 0 Å². The summed E-state index contributed by atoms with van der Waals surface area (Å²) in [6.07, 6.45) is 4.71. The van der Waals surface area contributed by atoms with Gasteiger partial charge in [0.1, 0.15) is 0 Å². The fourth-order valence-corrected chi connectivity index (χ4v) is 2.50. The molecular weight excluding hydrogens is 262 g/mol. The van der Waals surface area contributed by atoms with Gasteiger partial charge in [-0.05, 0) is 30.5 Å². The number of carbonyl (C=O) groups is 1. The monoisotopic (exact) mass is 289 g/mol. The maximum atomic E-state index is 12.2. The molecule has 1 saturated heterocycles. The minimum Gasteiger partial charge on any atom is -0.325 e. The second-order valence-corrected chi connectivity index (χ2v) is 6.06. The minimum atomic E-state index is 0.0324. The number of benzene rings is 1. The van der Waals surface area contributed by atoms with Gasteiger partial charge in [-0.1, -0.05) is 38.8 Å². The van der Waals surface area contributed by atoms with Crippen molar-refractivity contribution in [3.8, 4) is 0 Å². The predicted octanol–water partition coefficient (Wildman–Crippen LogP) is 3.59. The lowest BCUT2D eigenvalue weighted by Gasteiger charge is -2.20. The van der Waals surface area contributed by atoms with Crippen LogP contribution in [-0.4, -0.2) is 30.1 Å². The van der Waals surface area contributed by atoms with E-state index in [1.807, 2.05) is 17.0 Å². The van der Waals surface area contributed by atoms with Gasteiger partial charge < -0.3 is 15.5 Å². The van der Waals surface area contributed by atoms with Gasteiger partial charge in [0.15, 0.2) is 0 Å². The molecule has 1 aliphatic heterocycles. The Morgan fingerprint density at radius 1 is 1.10 bits per heavy atom. The first-order valence-corrected chi connectivity index (χ1v) is 8.03. The van der Waals surface area contributed by atoms with Gasteiger partial charge in [-0.3, -0.25) is 0 Å². The summed E-state index contributed by atoms with van der Waals surface area (Å²) in [6, 6.07) is 8.60. The molecule has 0 aromatic heterocycles. The van der Waals surface area contributed by atoms with Crippen molar-refractivity contribution >= 4 is 11.7 Å². The first-order chi connectivity index (χ1) is 10.1. The Kier molecular flexibility index (Phi) is 6.05. The second-order valence-electron chi connectivity index (χ2n) is 6.06. The smallest absolute Gasteiger partial charge is 0.321 e. The predicted molar refractivity (Wildman–Crippen MR) is 87.5 cm³/mol. The Hall–Kier alpha value is -1.55. The van der Waals surface area contributed by atoms with E-state index < -0.39 is 0 Å². The molecule has 1 aromatic rings. The zero-order chi connectivity index (χ0) is 15.1. The van der Waals surface area contributed by atoms with Crippen LogP contribution < -0.4 is 10.6 Å². The van der Waals surface area contributed by atoms with Crippen LogP contribution in [0.25, 0.3) is 0 Å². The SMILES string of the molecule is CC(C)NCc1ccc(NC(=O)N2CCCCCC2)cc1. The summed E-state index contributed by atoms with van der Waals surface area (Å²) < 4.78 is 0. The molecule has 0 unspecified atom stereocenters. The number of nitrogens with zero attached hydrogens (tertiary/aromatic N) is 1. The average Bonchev–Trinajstić information content (AvgIpc) is 2.75. The van der Waals surface area contributed by atoms with E-state index in [1.54, 1.807) is 0 Å². The van der Waals surface area contributed by atoms with Gasteiger partial charge in [-0.2, -0.15) is 0 Å². The Morgan fingerprint density at radius 2 is 1.71 bits per heavy atom. The van der Waals surface area contributed by atoms with E-state index in [1.165, 1.54) is 18.4 Å². The fourth-order valence-electron chi connectivity index (χ4n) is 2.50. The summed E-state index contributed by atoms with van der Waals surface area (Å²) in [5, 5.41) is 6.38. The van der Waals surface area contributed by atoms with Crippen LogP contribution in [0.1, 0.15) is 45.1 Å². The number of likely N-dealkylation sites (tertiary alicyclic amines) is 1. The highest BCUT2D eigenvalue weighted by Gasteiger charge is 2.15. The average molecular weight is 289 g/mol. The molecule has 2 amide bonds. The van der Waals surface area contributed by atoms with Gasteiger partial charge in [0.25, 0.3) is 0 Å². The molecule has 0 saturated carbocycles. The van der Waals surface area contributed by atoms with Crippen LogP contribution in [0.3, 0.4) is 0 Å². The number of urea groups is 1. The van der Waals surface area contributed by atoms with Crippen molar-refractivity contribution in [3.63, 3.8) is 0 Å². The van der Waals surface area contributed by atoms with Crippen LogP contribution in [0.2, 0.25) is 0 Å². The van der Waals surface area contributed by atoms with Crippen LogP contribution >= 0.6 is 0 Å². The molecule has 2 rings (SSSR count). The Bertz CT molecular complexity index is 434. The molecule has 1 heterocycles. The van der Waals surface area contributed by atoms with Crippen LogP contribution in [0.15, 0.2) is 24.3 Å². The molecule has 2 N–H and O–H groups in total. The normalized spacial score (nSPS) is 15.9. The van der Waals surface area contributed by atoms with Crippen LogP contribution in [0.5, 0.6) is 0 Å². The molecule has 4 heteroatoms. The second kappa shape index (κ2) is 8.03. The maximum Gasteiger partial charge on any atom is 0.321 e. The highest BCUT2D eigenvalue weighted by molar-refractivity contribution is 5.89. The largest absolute Gasteiger partial charge is 0.325 e. The summed E-state index contributed by atoms with van der Waals surface area (Å²) in [7, 11) is 0. The van der Waals surface area contributed by atoms with E-state index in [2.05, 4.69) is 36.6 Å². The summed E-state index contributed by atoms with van der Waals surface area (Å²) in [6.45, 7) is 6.88. The van der Waals surface area contributed by atoms with Crippen LogP contribution in [0.4, 0.5) is 10.5 Å². The number of nitrogens with one attached hydrogen (secondary N) is 2. The third-order valence-electron chi connectivity index (χ3n) is 3.81. The van der Waals surface area contributed by atoms with E-state index in [9.17, 15) is 4.79 Å². The Labute approximate surface area is 127 Å². The van der Waals surface area contributed by atoms with E-state index in [0.29, 0.717) is 6.04 Å². The van der Waals surface area contributed by atoms with Crippen molar-refractivity contribution in [2.45, 2.75) is 52.1 Å². The summed E-state index contributed by atoms with van der Waals surface area (Å²) in [5.74, 6) is 0. The Balaban J connectivity index is 1.85. The highest BCUT2D eigenvalue weighted by atomic mass is 16.2. The van der Waals surface area contributed by atoms with Gasteiger partial charge in [-0.25, -0.2) is 4.79 Å². The van der Waals surface area contributed by atoms with E-state index >= 15 is 0 Å². The first kappa shape index (κ1) is 15.8. The zero-order valence-electron chi connectivity index (χ0n) is 13.2. The van der Waals surface area contributed by atoms with Gasteiger partial charge in [0, 0.05) is 31.4 Å². The molecule has 21 heavy (non-hydrogen) atoms. The number of carbonyl (C=O) groups excluding carboxylic acids is 1. The molecule has 0 atom stereocenters. The van der Waals surface area contributed by atoms with Crippen LogP contribution in [-0.2, 0) is 6.54 Å². The quantitative estimate of drug-likeness (QED) is 0.889. The molecule has 0 radical (unpaired) electrons. The molecule has 1 fully saturated rings. The Morgan fingerprint density at radius 3 is 2.29 bits per heavy atom. The molecule has 0 bridgehead atoms. The summed E-state index contributed by atoms with van der Waals surface area (Å²) in [4.78, 5) is 14.2. The van der Waals surface area contributed by atoms with Crippen molar-refractivity contribution in [3.05, 3.63) is 29.8 Å². The van der Waals surface area contributed by atoms with Gasteiger partial charge in [0.2, 0.25) is 0 Å². The molecule has 1 aromatic carbocycles. The minimum absolute atomic E-state index is 0.0324. The van der Waals surface area contributed by atoms with Crippen molar-refractivity contribution in [2.24, 2.45) is 0 Å². The van der Waals surface area contributed by atoms with Gasteiger partial charge in [-0.15, -0.1) is 0 Å². The van der Waals surface area contributed by atoms with E-state index in [0.717, 1.165) is 38.2 Å². The van der Waals surface area contributed by atoms with Crippen molar-refractivity contribution in [2.75, 3.05) is 18.4 Å².